The van der Waals surface area contributed by atoms with Gasteiger partial charge >= 0.3 is 0 Å². The number of ether oxygens (including phenoxy) is 2. The molecule has 6 heteroatoms. The minimum atomic E-state index is 0.0956. The summed E-state index contributed by atoms with van der Waals surface area (Å²) in [4.78, 5) is 16.2. The van der Waals surface area contributed by atoms with Crippen molar-refractivity contribution < 1.29 is 14.3 Å². The predicted molar refractivity (Wildman–Crippen MR) is 94.9 cm³/mol. The predicted octanol–water partition coefficient (Wildman–Crippen LogP) is 2.35. The van der Waals surface area contributed by atoms with E-state index in [4.69, 9.17) is 9.47 Å². The van der Waals surface area contributed by atoms with Gasteiger partial charge in [0.25, 0.3) is 0 Å². The average Bonchev–Trinajstić information content (AvgIpc) is 3.04. The van der Waals surface area contributed by atoms with Gasteiger partial charge < -0.3 is 19.4 Å². The summed E-state index contributed by atoms with van der Waals surface area (Å²) in [7, 11) is 1.65. The third kappa shape index (κ3) is 4.53. The third-order valence-corrected chi connectivity index (χ3v) is 4.57. The second-order valence-electron chi connectivity index (χ2n) is 6.43. The first-order valence-corrected chi connectivity index (χ1v) is 8.70. The average molecular weight is 343 g/mol. The molecule has 0 saturated heterocycles. The fourth-order valence-electron chi connectivity index (χ4n) is 3.07. The van der Waals surface area contributed by atoms with Crippen LogP contribution in [-0.4, -0.2) is 35.7 Å². The lowest BCUT2D eigenvalue weighted by Crippen LogP contribution is -2.34. The summed E-state index contributed by atoms with van der Waals surface area (Å²) < 4.78 is 13.1. The Morgan fingerprint density at radius 1 is 1.48 bits per heavy atom. The Bertz CT molecular complexity index is 726. The van der Waals surface area contributed by atoms with E-state index in [-0.39, 0.29) is 5.91 Å². The molecular formula is C19H25N3O3. The first kappa shape index (κ1) is 17.3. The molecule has 0 bridgehead atoms. The number of hydrogen-bond donors (Lipinski definition) is 1. The largest absolute Gasteiger partial charge is 0.497 e. The molecule has 1 atom stereocenters. The van der Waals surface area contributed by atoms with Gasteiger partial charge in [-0.15, -0.1) is 0 Å². The molecule has 1 aromatic carbocycles. The number of aromatic nitrogens is 2. The highest BCUT2D eigenvalue weighted by Gasteiger charge is 2.20. The Balaban J connectivity index is 1.40. The Morgan fingerprint density at radius 3 is 3.12 bits per heavy atom. The molecule has 1 aliphatic rings. The highest BCUT2D eigenvalue weighted by atomic mass is 16.5. The normalized spacial score (nSPS) is 16.0. The summed E-state index contributed by atoms with van der Waals surface area (Å²) in [5.74, 6) is 3.07. The van der Waals surface area contributed by atoms with Gasteiger partial charge in [0.1, 0.15) is 17.3 Å². The van der Waals surface area contributed by atoms with Crippen LogP contribution in [0.15, 0.2) is 30.6 Å². The molecule has 0 radical (unpaired) electrons. The highest BCUT2D eigenvalue weighted by molar-refractivity contribution is 5.75. The third-order valence-electron chi connectivity index (χ3n) is 4.57. The van der Waals surface area contributed by atoms with Crippen molar-refractivity contribution in [3.05, 3.63) is 42.0 Å². The fourth-order valence-corrected chi connectivity index (χ4v) is 3.07. The Kier molecular flexibility index (Phi) is 5.58. The number of aryl methyl sites for hydroxylation is 2. The van der Waals surface area contributed by atoms with E-state index in [9.17, 15) is 4.79 Å². The first-order valence-electron chi connectivity index (χ1n) is 8.70. The summed E-state index contributed by atoms with van der Waals surface area (Å²) in [5.41, 5.74) is 1.17. The number of nitrogens with zero attached hydrogens (tertiary/aromatic N) is 2. The van der Waals surface area contributed by atoms with Gasteiger partial charge in [-0.25, -0.2) is 4.98 Å². The maximum absolute atomic E-state index is 12.0. The van der Waals surface area contributed by atoms with Crippen molar-refractivity contribution in [3.63, 3.8) is 0 Å². The van der Waals surface area contributed by atoms with Crippen LogP contribution in [0.3, 0.4) is 0 Å². The molecule has 1 aliphatic heterocycles. The van der Waals surface area contributed by atoms with Crippen LogP contribution < -0.4 is 14.8 Å². The fraction of sp³-hybridized carbons (Fsp3) is 0.474. The second-order valence-corrected chi connectivity index (χ2v) is 6.43. The standard InChI is InChI=1S/C19H25N3O3/c1-14-20-7-9-22(14)8-3-4-19(23)21-12-15-10-16-5-6-17(24-2)11-18(16)25-13-15/h5-7,9,11,15H,3-4,8,10,12-13H2,1-2H3,(H,21,23)/t15-/m1/s1. The van der Waals surface area contributed by atoms with E-state index in [1.165, 1.54) is 5.56 Å². The van der Waals surface area contributed by atoms with Crippen molar-refractivity contribution in [2.45, 2.75) is 32.7 Å². The lowest BCUT2D eigenvalue weighted by molar-refractivity contribution is -0.121. The Hall–Kier alpha value is -2.50. The minimum absolute atomic E-state index is 0.0956. The van der Waals surface area contributed by atoms with E-state index in [0.29, 0.717) is 25.5 Å². The van der Waals surface area contributed by atoms with E-state index in [0.717, 1.165) is 36.7 Å². The molecule has 0 fully saturated rings. The number of fused-ring (bicyclic) bond motifs is 1. The SMILES string of the molecule is COc1ccc2c(c1)OC[C@@H](CNC(=O)CCCn1ccnc1C)C2. The monoisotopic (exact) mass is 343 g/mol. The van der Waals surface area contributed by atoms with Gasteiger partial charge in [-0.2, -0.15) is 0 Å². The number of nitrogens with one attached hydrogen (secondary N) is 1. The quantitative estimate of drug-likeness (QED) is 0.838. The molecule has 0 unspecified atom stereocenters. The molecule has 0 aliphatic carbocycles. The van der Waals surface area contributed by atoms with Crippen molar-refractivity contribution in [3.8, 4) is 11.5 Å². The molecule has 1 amide bonds. The number of benzene rings is 1. The van der Waals surface area contributed by atoms with Gasteiger partial charge in [-0.3, -0.25) is 4.79 Å². The number of amides is 1. The van der Waals surface area contributed by atoms with Crippen LogP contribution >= 0.6 is 0 Å². The van der Waals surface area contributed by atoms with Gasteiger partial charge in [0.15, 0.2) is 0 Å². The lowest BCUT2D eigenvalue weighted by atomic mass is 9.96. The maximum atomic E-state index is 12.0. The molecule has 25 heavy (non-hydrogen) atoms. The number of carbonyl (C=O) groups excluding carboxylic acids is 1. The van der Waals surface area contributed by atoms with Crippen LogP contribution in [0.4, 0.5) is 0 Å². The van der Waals surface area contributed by atoms with E-state index in [1.807, 2.05) is 31.3 Å². The van der Waals surface area contributed by atoms with Gasteiger partial charge in [0, 0.05) is 43.9 Å². The molecule has 6 nitrogen and oxygen atoms in total. The summed E-state index contributed by atoms with van der Waals surface area (Å²) in [5, 5.41) is 3.03. The number of hydrogen-bond acceptors (Lipinski definition) is 4. The molecule has 1 N–H and O–H groups in total. The molecule has 2 heterocycles. The molecule has 3 rings (SSSR count). The second kappa shape index (κ2) is 8.05. The molecule has 134 valence electrons. The van der Waals surface area contributed by atoms with Gasteiger partial charge in [0.2, 0.25) is 5.91 Å². The summed E-state index contributed by atoms with van der Waals surface area (Å²) in [6, 6.07) is 5.90. The Morgan fingerprint density at radius 2 is 2.36 bits per heavy atom. The summed E-state index contributed by atoms with van der Waals surface area (Å²) in [6.45, 7) is 4.06. The molecule has 1 aromatic heterocycles. The number of carbonyl (C=O) groups is 1. The van der Waals surface area contributed by atoms with Gasteiger partial charge in [-0.1, -0.05) is 6.07 Å². The van der Waals surface area contributed by atoms with Crippen LogP contribution in [-0.2, 0) is 17.8 Å². The van der Waals surface area contributed by atoms with Crippen molar-refractivity contribution in [1.82, 2.24) is 14.9 Å². The number of imidazole rings is 1. The van der Waals surface area contributed by atoms with Crippen LogP contribution in [0.2, 0.25) is 0 Å². The van der Waals surface area contributed by atoms with Crippen LogP contribution in [0, 0.1) is 12.8 Å². The minimum Gasteiger partial charge on any atom is -0.497 e. The highest BCUT2D eigenvalue weighted by Crippen LogP contribution is 2.30. The van der Waals surface area contributed by atoms with Crippen LogP contribution in [0.5, 0.6) is 11.5 Å². The summed E-state index contributed by atoms with van der Waals surface area (Å²) in [6.07, 6.45) is 5.98. The molecule has 0 saturated carbocycles. The Labute approximate surface area is 148 Å². The van der Waals surface area contributed by atoms with E-state index in [2.05, 4.69) is 14.9 Å². The first-order chi connectivity index (χ1) is 12.2. The number of methoxy groups -OCH3 is 1. The summed E-state index contributed by atoms with van der Waals surface area (Å²) >= 11 is 0. The topological polar surface area (TPSA) is 65.4 Å². The number of rotatable bonds is 7. The zero-order chi connectivity index (χ0) is 17.6. The van der Waals surface area contributed by atoms with E-state index < -0.39 is 0 Å². The lowest BCUT2D eigenvalue weighted by Gasteiger charge is -2.25. The van der Waals surface area contributed by atoms with Crippen molar-refractivity contribution in [2.75, 3.05) is 20.3 Å². The molecule has 2 aromatic rings. The maximum Gasteiger partial charge on any atom is 0.220 e. The van der Waals surface area contributed by atoms with Gasteiger partial charge in [-0.05, 0) is 31.4 Å². The zero-order valence-corrected chi connectivity index (χ0v) is 14.8. The molecule has 0 spiro atoms. The van der Waals surface area contributed by atoms with Crippen molar-refractivity contribution in [1.29, 1.82) is 0 Å². The smallest absolute Gasteiger partial charge is 0.220 e. The van der Waals surface area contributed by atoms with Crippen LogP contribution in [0.25, 0.3) is 0 Å². The van der Waals surface area contributed by atoms with Crippen molar-refractivity contribution in [2.24, 2.45) is 5.92 Å². The van der Waals surface area contributed by atoms with Crippen LogP contribution in [0.1, 0.15) is 24.2 Å². The van der Waals surface area contributed by atoms with E-state index in [1.54, 1.807) is 13.3 Å². The van der Waals surface area contributed by atoms with Crippen molar-refractivity contribution >= 4 is 5.91 Å². The van der Waals surface area contributed by atoms with Gasteiger partial charge in [0.05, 0.1) is 13.7 Å². The molecular weight excluding hydrogens is 318 g/mol. The zero-order valence-electron chi connectivity index (χ0n) is 14.8. The van der Waals surface area contributed by atoms with E-state index >= 15 is 0 Å².